The first kappa shape index (κ1) is 18.0. The van der Waals surface area contributed by atoms with Crippen molar-refractivity contribution in [1.82, 2.24) is 14.8 Å². The van der Waals surface area contributed by atoms with Crippen molar-refractivity contribution in [2.75, 3.05) is 26.2 Å². The van der Waals surface area contributed by atoms with Crippen molar-refractivity contribution in [3.8, 4) is 0 Å². The summed E-state index contributed by atoms with van der Waals surface area (Å²) < 4.78 is 0. The van der Waals surface area contributed by atoms with E-state index in [2.05, 4.69) is 34.1 Å². The molecule has 27 heavy (non-hydrogen) atoms. The van der Waals surface area contributed by atoms with Gasteiger partial charge >= 0.3 is 0 Å². The molecule has 2 heterocycles. The topological polar surface area (TPSA) is 56.4 Å². The Labute approximate surface area is 160 Å². The summed E-state index contributed by atoms with van der Waals surface area (Å²) in [7, 11) is 0. The lowest BCUT2D eigenvalue weighted by Gasteiger charge is -2.27. The highest BCUT2D eigenvalue weighted by Crippen LogP contribution is 2.26. The van der Waals surface area contributed by atoms with Gasteiger partial charge in [0.25, 0.3) is 11.5 Å². The number of rotatable bonds is 2. The highest BCUT2D eigenvalue weighted by molar-refractivity contribution is 5.94. The number of aryl methyl sites for hydroxylation is 2. The molecule has 1 aromatic carbocycles. The first-order valence-corrected chi connectivity index (χ1v) is 9.83. The fourth-order valence-electron chi connectivity index (χ4n) is 4.36. The van der Waals surface area contributed by atoms with Crippen LogP contribution < -0.4 is 5.56 Å². The number of aromatic nitrogens is 1. The van der Waals surface area contributed by atoms with Crippen molar-refractivity contribution < 1.29 is 4.79 Å². The molecule has 0 bridgehead atoms. The molecule has 1 aromatic heterocycles. The minimum Gasteiger partial charge on any atom is -0.337 e. The molecule has 0 saturated carbocycles. The number of carbonyl (C=O) groups excluding carboxylic acids is 1. The summed E-state index contributed by atoms with van der Waals surface area (Å²) in [5.41, 5.74) is 4.66. The van der Waals surface area contributed by atoms with E-state index < -0.39 is 0 Å². The minimum atomic E-state index is -0.282. The quantitative estimate of drug-likeness (QED) is 0.889. The molecule has 0 atom stereocenters. The maximum Gasteiger partial charge on any atom is 0.261 e. The Morgan fingerprint density at radius 3 is 2.44 bits per heavy atom. The van der Waals surface area contributed by atoms with Crippen LogP contribution in [0, 0.1) is 13.8 Å². The maximum absolute atomic E-state index is 12.9. The van der Waals surface area contributed by atoms with E-state index in [1.165, 1.54) is 11.1 Å². The van der Waals surface area contributed by atoms with E-state index in [1.54, 1.807) is 6.07 Å². The number of hydrogen-bond donors (Lipinski definition) is 1. The molecule has 1 amide bonds. The standard InChI is InChI=1S/C22H27N3O2/c1-15-12-20(21(26)23-16(15)2)22(27)25-9-5-8-24(10-11-25)19-13-17-6-3-4-7-18(17)14-19/h3-4,6-7,12,19H,5,8-11,13-14H2,1-2H3,(H,23,26). The van der Waals surface area contributed by atoms with Gasteiger partial charge in [0.15, 0.2) is 0 Å². The van der Waals surface area contributed by atoms with Crippen molar-refractivity contribution in [2.45, 2.75) is 39.2 Å². The number of carbonyl (C=O) groups is 1. The van der Waals surface area contributed by atoms with Crippen molar-refractivity contribution in [3.05, 3.63) is 68.6 Å². The second-order valence-corrected chi connectivity index (χ2v) is 7.83. The van der Waals surface area contributed by atoms with Crippen LogP contribution in [0.1, 0.15) is 39.2 Å². The van der Waals surface area contributed by atoms with E-state index in [1.807, 2.05) is 18.7 Å². The molecular formula is C22H27N3O2. The lowest BCUT2D eigenvalue weighted by atomic mass is 10.1. The Hall–Kier alpha value is -2.40. The number of hydrogen-bond acceptors (Lipinski definition) is 3. The Morgan fingerprint density at radius 2 is 1.74 bits per heavy atom. The molecule has 1 fully saturated rings. The molecule has 5 heteroatoms. The van der Waals surface area contributed by atoms with Gasteiger partial charge in [-0.3, -0.25) is 14.5 Å². The molecule has 4 rings (SSSR count). The molecule has 142 valence electrons. The van der Waals surface area contributed by atoms with E-state index in [4.69, 9.17) is 0 Å². The van der Waals surface area contributed by atoms with E-state index in [9.17, 15) is 9.59 Å². The summed E-state index contributed by atoms with van der Waals surface area (Å²) in [5, 5.41) is 0. The Morgan fingerprint density at radius 1 is 1.04 bits per heavy atom. The average Bonchev–Trinajstić information content (AvgIpc) is 2.93. The van der Waals surface area contributed by atoms with Gasteiger partial charge in [0, 0.05) is 37.9 Å². The van der Waals surface area contributed by atoms with Crippen LogP contribution in [0.4, 0.5) is 0 Å². The van der Waals surface area contributed by atoms with Gasteiger partial charge in [-0.25, -0.2) is 0 Å². The number of pyridine rings is 1. The summed E-state index contributed by atoms with van der Waals surface area (Å²) >= 11 is 0. The van der Waals surface area contributed by atoms with Crippen LogP contribution >= 0.6 is 0 Å². The number of benzene rings is 1. The van der Waals surface area contributed by atoms with Crippen LogP contribution in [0.3, 0.4) is 0 Å². The molecule has 0 spiro atoms. The number of nitrogens with one attached hydrogen (secondary N) is 1. The normalized spacial score (nSPS) is 18.4. The third-order valence-corrected chi connectivity index (χ3v) is 6.09. The molecule has 1 aliphatic heterocycles. The van der Waals surface area contributed by atoms with Gasteiger partial charge in [-0.15, -0.1) is 0 Å². The predicted octanol–water partition coefficient (Wildman–Crippen LogP) is 2.31. The van der Waals surface area contributed by atoms with Crippen molar-refractivity contribution in [2.24, 2.45) is 0 Å². The number of nitrogens with zero attached hydrogens (tertiary/aromatic N) is 2. The highest BCUT2D eigenvalue weighted by atomic mass is 16.2. The van der Waals surface area contributed by atoms with Gasteiger partial charge in [0.1, 0.15) is 5.56 Å². The largest absolute Gasteiger partial charge is 0.337 e. The summed E-state index contributed by atoms with van der Waals surface area (Å²) in [4.78, 5) is 32.3. The molecular weight excluding hydrogens is 338 g/mol. The van der Waals surface area contributed by atoms with Crippen LogP contribution in [0.5, 0.6) is 0 Å². The van der Waals surface area contributed by atoms with Gasteiger partial charge in [-0.05, 0) is 55.9 Å². The third kappa shape index (κ3) is 3.56. The van der Waals surface area contributed by atoms with E-state index in [0.717, 1.165) is 43.6 Å². The molecule has 0 unspecified atom stereocenters. The van der Waals surface area contributed by atoms with E-state index in [-0.39, 0.29) is 17.0 Å². The smallest absolute Gasteiger partial charge is 0.261 e. The van der Waals surface area contributed by atoms with Gasteiger partial charge < -0.3 is 9.88 Å². The Bertz CT molecular complexity index is 893. The zero-order valence-corrected chi connectivity index (χ0v) is 16.1. The van der Waals surface area contributed by atoms with Crippen LogP contribution in [-0.4, -0.2) is 52.9 Å². The number of aromatic amines is 1. The fraction of sp³-hybridized carbons (Fsp3) is 0.455. The van der Waals surface area contributed by atoms with Gasteiger partial charge in [0.2, 0.25) is 0 Å². The van der Waals surface area contributed by atoms with E-state index >= 15 is 0 Å². The Kier molecular flexibility index (Phi) is 4.87. The molecule has 1 aliphatic carbocycles. The van der Waals surface area contributed by atoms with Gasteiger partial charge in [-0.1, -0.05) is 24.3 Å². The van der Waals surface area contributed by atoms with E-state index in [0.29, 0.717) is 19.1 Å². The summed E-state index contributed by atoms with van der Waals surface area (Å²) in [5.74, 6) is -0.143. The highest BCUT2D eigenvalue weighted by Gasteiger charge is 2.29. The molecule has 1 N–H and O–H groups in total. The molecule has 5 nitrogen and oxygen atoms in total. The molecule has 1 saturated heterocycles. The SMILES string of the molecule is Cc1cc(C(=O)N2CCCN(C3Cc4ccccc4C3)CC2)c(=O)[nH]c1C. The summed E-state index contributed by atoms with van der Waals surface area (Å²) in [6, 6.07) is 11.0. The average molecular weight is 365 g/mol. The van der Waals surface area contributed by atoms with Crippen LogP contribution in [0.2, 0.25) is 0 Å². The fourth-order valence-corrected chi connectivity index (χ4v) is 4.36. The lowest BCUT2D eigenvalue weighted by Crippen LogP contribution is -2.41. The van der Waals surface area contributed by atoms with Crippen molar-refractivity contribution in [1.29, 1.82) is 0 Å². The molecule has 2 aromatic rings. The first-order chi connectivity index (χ1) is 13.0. The predicted molar refractivity (Wildman–Crippen MR) is 106 cm³/mol. The summed E-state index contributed by atoms with van der Waals surface area (Å²) in [6.45, 7) is 7.04. The second kappa shape index (κ2) is 7.31. The number of fused-ring (bicyclic) bond motifs is 1. The third-order valence-electron chi connectivity index (χ3n) is 6.09. The van der Waals surface area contributed by atoms with Crippen LogP contribution in [-0.2, 0) is 12.8 Å². The van der Waals surface area contributed by atoms with Crippen molar-refractivity contribution in [3.63, 3.8) is 0 Å². The number of amides is 1. The zero-order valence-electron chi connectivity index (χ0n) is 16.1. The monoisotopic (exact) mass is 365 g/mol. The van der Waals surface area contributed by atoms with Gasteiger partial charge in [0.05, 0.1) is 0 Å². The molecule has 2 aliphatic rings. The maximum atomic E-state index is 12.9. The van der Waals surface area contributed by atoms with Gasteiger partial charge in [-0.2, -0.15) is 0 Å². The second-order valence-electron chi connectivity index (χ2n) is 7.83. The summed E-state index contributed by atoms with van der Waals surface area (Å²) in [6.07, 6.45) is 3.14. The number of H-pyrrole nitrogens is 1. The van der Waals surface area contributed by atoms with Crippen LogP contribution in [0.15, 0.2) is 35.1 Å². The van der Waals surface area contributed by atoms with Crippen LogP contribution in [0.25, 0.3) is 0 Å². The first-order valence-electron chi connectivity index (χ1n) is 9.83. The zero-order chi connectivity index (χ0) is 19.0. The lowest BCUT2D eigenvalue weighted by molar-refractivity contribution is 0.0756. The molecule has 0 radical (unpaired) electrons. The minimum absolute atomic E-state index is 0.143. The van der Waals surface area contributed by atoms with Crippen molar-refractivity contribution >= 4 is 5.91 Å². The Balaban J connectivity index is 1.44.